The van der Waals surface area contributed by atoms with E-state index in [9.17, 15) is 4.79 Å². The Bertz CT molecular complexity index is 985. The molecule has 0 saturated carbocycles. The number of pyridine rings is 1. The van der Waals surface area contributed by atoms with Crippen molar-refractivity contribution in [2.24, 2.45) is 0 Å². The zero-order chi connectivity index (χ0) is 19.0. The quantitative estimate of drug-likeness (QED) is 0.670. The monoisotopic (exact) mass is 379 g/mol. The Labute approximate surface area is 161 Å². The summed E-state index contributed by atoms with van der Waals surface area (Å²) >= 11 is 5.42. The summed E-state index contributed by atoms with van der Waals surface area (Å²) in [6, 6.07) is 16.0. The molecule has 0 radical (unpaired) electrons. The molecule has 1 aliphatic heterocycles. The first-order valence-electron chi connectivity index (χ1n) is 8.42. The third-order valence-electron chi connectivity index (χ3n) is 4.67. The first-order chi connectivity index (χ1) is 13.0. The summed E-state index contributed by atoms with van der Waals surface area (Å²) < 4.78 is 6.11. The summed E-state index contributed by atoms with van der Waals surface area (Å²) in [5.74, 6) is 0.484. The Morgan fingerprint density at radius 1 is 1.19 bits per heavy atom. The number of furan rings is 1. The second-order valence-corrected chi connectivity index (χ2v) is 6.71. The van der Waals surface area contributed by atoms with Crippen LogP contribution in [0.25, 0.3) is 11.3 Å². The fourth-order valence-corrected chi connectivity index (χ4v) is 3.50. The van der Waals surface area contributed by atoms with E-state index < -0.39 is 5.97 Å². The number of carbonyl (C=O) groups is 1. The second kappa shape index (κ2) is 6.85. The smallest absolute Gasteiger partial charge is 0.335 e. The molecule has 27 heavy (non-hydrogen) atoms. The zero-order valence-corrected chi connectivity index (χ0v) is 15.3. The number of hydrogen-bond donors (Lipinski definition) is 2. The van der Waals surface area contributed by atoms with E-state index in [1.807, 2.05) is 42.3 Å². The summed E-state index contributed by atoms with van der Waals surface area (Å²) in [5, 5.41) is 13.0. The normalized spacial score (nSPS) is 19.1. The molecule has 0 aliphatic carbocycles. The highest BCUT2D eigenvalue weighted by atomic mass is 32.1. The Morgan fingerprint density at radius 3 is 2.63 bits per heavy atom. The van der Waals surface area contributed by atoms with Gasteiger partial charge in [-0.25, -0.2) is 4.79 Å². The fraction of sp³-hybridized carbons (Fsp3) is 0.150. The molecule has 1 aliphatic rings. The van der Waals surface area contributed by atoms with E-state index in [4.69, 9.17) is 21.7 Å². The molecule has 3 heterocycles. The molecule has 1 saturated heterocycles. The Balaban J connectivity index is 1.66. The summed E-state index contributed by atoms with van der Waals surface area (Å²) in [6.45, 7) is 0. The molecule has 136 valence electrons. The number of aromatic nitrogens is 1. The highest BCUT2D eigenvalue weighted by Crippen LogP contribution is 2.39. The van der Waals surface area contributed by atoms with Crippen LogP contribution < -0.4 is 5.32 Å². The van der Waals surface area contributed by atoms with E-state index >= 15 is 0 Å². The number of nitrogens with zero attached hydrogens (tertiary/aromatic N) is 2. The zero-order valence-electron chi connectivity index (χ0n) is 14.5. The average molecular weight is 379 g/mol. The number of likely N-dealkylation sites (N-methyl/N-ethyl adjacent to an activating group) is 1. The van der Waals surface area contributed by atoms with Crippen molar-refractivity contribution >= 4 is 23.3 Å². The molecular formula is C20H17N3O3S. The minimum atomic E-state index is -0.952. The van der Waals surface area contributed by atoms with Gasteiger partial charge in [0.05, 0.1) is 17.3 Å². The third-order valence-corrected chi connectivity index (χ3v) is 5.08. The van der Waals surface area contributed by atoms with Crippen LogP contribution in [-0.4, -0.2) is 33.1 Å². The van der Waals surface area contributed by atoms with Crippen LogP contribution in [0.4, 0.5) is 0 Å². The highest BCUT2D eigenvalue weighted by molar-refractivity contribution is 7.80. The lowest BCUT2D eigenvalue weighted by molar-refractivity contribution is 0.0697. The molecule has 2 aromatic heterocycles. The van der Waals surface area contributed by atoms with E-state index in [0.29, 0.717) is 10.9 Å². The van der Waals surface area contributed by atoms with Gasteiger partial charge in [-0.2, -0.15) is 0 Å². The van der Waals surface area contributed by atoms with Crippen molar-refractivity contribution in [2.75, 3.05) is 7.05 Å². The summed E-state index contributed by atoms with van der Waals surface area (Å²) in [6.07, 6.45) is 1.76. The first kappa shape index (κ1) is 17.2. The Kier molecular flexibility index (Phi) is 4.37. The molecule has 0 bridgehead atoms. The second-order valence-electron chi connectivity index (χ2n) is 6.32. The number of rotatable bonds is 4. The van der Waals surface area contributed by atoms with Crippen LogP contribution >= 0.6 is 12.2 Å². The van der Waals surface area contributed by atoms with Crippen LogP contribution in [0.15, 0.2) is 65.2 Å². The van der Waals surface area contributed by atoms with Gasteiger partial charge in [-0.3, -0.25) is 4.98 Å². The minimum Gasteiger partial charge on any atom is -0.478 e. The van der Waals surface area contributed by atoms with Gasteiger partial charge in [-0.1, -0.05) is 18.2 Å². The number of thiocarbonyl (C=S) groups is 1. The van der Waals surface area contributed by atoms with E-state index in [-0.39, 0.29) is 17.6 Å². The fourth-order valence-electron chi connectivity index (χ4n) is 3.26. The van der Waals surface area contributed by atoms with Crippen LogP contribution in [0.1, 0.15) is 33.9 Å². The lowest BCUT2D eigenvalue weighted by atomic mass is 10.0. The van der Waals surface area contributed by atoms with Crippen molar-refractivity contribution in [2.45, 2.75) is 12.1 Å². The molecule has 0 spiro atoms. The van der Waals surface area contributed by atoms with Crippen LogP contribution in [0.5, 0.6) is 0 Å². The molecule has 3 aromatic rings. The number of aromatic carboxylic acids is 1. The van der Waals surface area contributed by atoms with Crippen molar-refractivity contribution in [1.82, 2.24) is 15.2 Å². The van der Waals surface area contributed by atoms with Crippen molar-refractivity contribution in [3.05, 3.63) is 77.8 Å². The van der Waals surface area contributed by atoms with Crippen molar-refractivity contribution in [3.63, 3.8) is 0 Å². The maximum atomic E-state index is 11.0. The molecule has 0 unspecified atom stereocenters. The number of carboxylic acid groups (broad SMARTS) is 1. The number of nitrogens with one attached hydrogen (secondary N) is 1. The maximum absolute atomic E-state index is 11.0. The molecule has 4 rings (SSSR count). The minimum absolute atomic E-state index is 0.114. The predicted molar refractivity (Wildman–Crippen MR) is 104 cm³/mol. The average Bonchev–Trinajstić information content (AvgIpc) is 3.28. The summed E-state index contributed by atoms with van der Waals surface area (Å²) in [5.41, 5.74) is 1.95. The lowest BCUT2D eigenvalue weighted by Crippen LogP contribution is -2.24. The highest BCUT2D eigenvalue weighted by Gasteiger charge is 2.39. The van der Waals surface area contributed by atoms with Gasteiger partial charge in [-0.15, -0.1) is 0 Å². The lowest BCUT2D eigenvalue weighted by Gasteiger charge is -2.21. The number of benzene rings is 1. The molecular weight excluding hydrogens is 362 g/mol. The maximum Gasteiger partial charge on any atom is 0.335 e. The largest absolute Gasteiger partial charge is 0.478 e. The molecule has 0 amide bonds. The van der Waals surface area contributed by atoms with Gasteiger partial charge < -0.3 is 19.7 Å². The van der Waals surface area contributed by atoms with Gasteiger partial charge in [0, 0.05) is 18.8 Å². The van der Waals surface area contributed by atoms with Crippen LogP contribution in [0.3, 0.4) is 0 Å². The SMILES string of the molecule is CN1C(=S)N[C@@H](c2ccccn2)[C@H]1c1ccc(-c2ccc(C(=O)O)cc2)o1. The van der Waals surface area contributed by atoms with Crippen LogP contribution in [0, 0.1) is 0 Å². The van der Waals surface area contributed by atoms with Gasteiger partial charge in [-0.05, 0) is 48.6 Å². The van der Waals surface area contributed by atoms with Gasteiger partial charge in [0.2, 0.25) is 0 Å². The molecule has 6 nitrogen and oxygen atoms in total. The third kappa shape index (κ3) is 3.17. The summed E-state index contributed by atoms with van der Waals surface area (Å²) in [7, 11) is 1.92. The number of carboxylic acids is 1. The standard InChI is InChI=1S/C20H17N3O3S/c1-23-18(17(22-20(23)27)14-4-2-3-11-21-14)16-10-9-15(26-16)12-5-7-13(8-6-12)19(24)25/h2-11,17-18H,1H3,(H,22,27)(H,24,25)/t17-,18+/m0/s1. The molecule has 1 aromatic carbocycles. The van der Waals surface area contributed by atoms with Gasteiger partial charge in [0.1, 0.15) is 17.6 Å². The van der Waals surface area contributed by atoms with Crippen LogP contribution in [-0.2, 0) is 0 Å². The van der Waals surface area contributed by atoms with Gasteiger partial charge >= 0.3 is 5.97 Å². The molecule has 2 N–H and O–H groups in total. The molecule has 7 heteroatoms. The van der Waals surface area contributed by atoms with Crippen LogP contribution in [0.2, 0.25) is 0 Å². The molecule has 1 fully saturated rings. The van der Waals surface area contributed by atoms with E-state index in [0.717, 1.165) is 17.0 Å². The van der Waals surface area contributed by atoms with Crippen molar-refractivity contribution < 1.29 is 14.3 Å². The van der Waals surface area contributed by atoms with E-state index in [1.165, 1.54) is 0 Å². The topological polar surface area (TPSA) is 78.6 Å². The Hall–Kier alpha value is -3.19. The first-order valence-corrected chi connectivity index (χ1v) is 8.83. The van der Waals surface area contributed by atoms with Crippen molar-refractivity contribution in [1.29, 1.82) is 0 Å². The number of hydrogen-bond acceptors (Lipinski definition) is 4. The van der Waals surface area contributed by atoms with Crippen molar-refractivity contribution in [3.8, 4) is 11.3 Å². The van der Waals surface area contributed by atoms with Gasteiger partial charge in [0.15, 0.2) is 5.11 Å². The summed E-state index contributed by atoms with van der Waals surface area (Å²) in [4.78, 5) is 17.4. The molecule has 2 atom stereocenters. The van der Waals surface area contributed by atoms with Gasteiger partial charge in [0.25, 0.3) is 0 Å². The Morgan fingerprint density at radius 2 is 1.96 bits per heavy atom. The van der Waals surface area contributed by atoms with E-state index in [2.05, 4.69) is 10.3 Å². The van der Waals surface area contributed by atoms with E-state index in [1.54, 1.807) is 30.5 Å². The predicted octanol–water partition coefficient (Wildman–Crippen LogP) is 3.64.